The third-order valence-corrected chi connectivity index (χ3v) is 4.78. The summed E-state index contributed by atoms with van der Waals surface area (Å²) in [6.45, 7) is 2.99. The number of carbonyl (C=O) groups is 1. The van der Waals surface area contributed by atoms with Gasteiger partial charge in [0.05, 0.1) is 33.9 Å². The summed E-state index contributed by atoms with van der Waals surface area (Å²) in [7, 11) is 5.22. The summed E-state index contributed by atoms with van der Waals surface area (Å²) < 4.78 is 10.6. The van der Waals surface area contributed by atoms with Crippen molar-refractivity contribution < 1.29 is 19.2 Å². The summed E-state index contributed by atoms with van der Waals surface area (Å²) in [6, 6.07) is 8.12. The van der Waals surface area contributed by atoms with Crippen LogP contribution < -0.4 is 19.7 Å². The van der Waals surface area contributed by atoms with E-state index in [4.69, 9.17) is 9.47 Å². The smallest absolute Gasteiger partial charge is 0.276 e. The van der Waals surface area contributed by atoms with E-state index in [0.29, 0.717) is 24.0 Å². The molecule has 1 aromatic rings. The van der Waals surface area contributed by atoms with E-state index in [2.05, 4.69) is 11.4 Å². The summed E-state index contributed by atoms with van der Waals surface area (Å²) in [4.78, 5) is 13.3. The largest absolute Gasteiger partial charge is 0.493 e. The van der Waals surface area contributed by atoms with E-state index in [1.165, 1.54) is 0 Å². The first-order valence-electron chi connectivity index (χ1n) is 8.66. The maximum Gasteiger partial charge on any atom is 0.276 e. The van der Waals surface area contributed by atoms with Crippen LogP contribution in [0.4, 0.5) is 0 Å². The molecule has 6 nitrogen and oxygen atoms in total. The second-order valence-corrected chi connectivity index (χ2v) is 6.96. The number of hydrogen-bond acceptors (Lipinski definition) is 4. The number of rotatable bonds is 9. The molecule has 0 aliphatic heterocycles. The lowest BCUT2D eigenvalue weighted by atomic mass is 9.98. The van der Waals surface area contributed by atoms with Crippen molar-refractivity contribution in [2.24, 2.45) is 5.92 Å². The zero-order chi connectivity index (χ0) is 18.4. The van der Waals surface area contributed by atoms with Crippen LogP contribution in [0.15, 0.2) is 18.2 Å². The van der Waals surface area contributed by atoms with Crippen molar-refractivity contribution >= 4 is 5.91 Å². The van der Waals surface area contributed by atoms with Gasteiger partial charge in [0.1, 0.15) is 5.54 Å². The van der Waals surface area contributed by atoms with Gasteiger partial charge < -0.3 is 19.7 Å². The molecule has 2 atom stereocenters. The Labute approximate surface area is 149 Å². The number of nitrogens with zero attached hydrogens (tertiary/aromatic N) is 1. The van der Waals surface area contributed by atoms with E-state index in [0.717, 1.165) is 36.3 Å². The van der Waals surface area contributed by atoms with Crippen LogP contribution in [0, 0.1) is 17.2 Å². The molecule has 0 heterocycles. The molecule has 0 saturated heterocycles. The monoisotopic (exact) mass is 346 g/mol. The van der Waals surface area contributed by atoms with Gasteiger partial charge in [-0.2, -0.15) is 5.26 Å². The second kappa shape index (κ2) is 8.21. The fraction of sp³-hybridized carbons (Fsp3) is 0.579. The van der Waals surface area contributed by atoms with E-state index >= 15 is 0 Å². The van der Waals surface area contributed by atoms with E-state index in [9.17, 15) is 10.1 Å². The molecule has 1 aliphatic rings. The normalized spacial score (nSPS) is 17.1. The molecular formula is C19H28N3O3+. The zero-order valence-corrected chi connectivity index (χ0v) is 15.5. The highest BCUT2D eigenvalue weighted by Crippen LogP contribution is 2.39. The second-order valence-electron chi connectivity index (χ2n) is 6.96. The van der Waals surface area contributed by atoms with Crippen molar-refractivity contribution in [3.8, 4) is 17.6 Å². The SMILES string of the molecule is COc1ccc(CC[NH+](C)CC(=O)N[C@@](C)(C#N)C2CC2)cc1OC. The molecule has 2 N–H and O–H groups in total. The summed E-state index contributed by atoms with van der Waals surface area (Å²) in [5.74, 6) is 1.65. The van der Waals surface area contributed by atoms with Crippen LogP contribution in [0.5, 0.6) is 11.5 Å². The number of nitriles is 1. The Balaban J connectivity index is 1.83. The Morgan fingerprint density at radius 2 is 2.04 bits per heavy atom. The molecule has 1 saturated carbocycles. The van der Waals surface area contributed by atoms with E-state index in [1.807, 2.05) is 32.2 Å². The number of likely N-dealkylation sites (N-methyl/N-ethyl adjacent to an activating group) is 1. The topological polar surface area (TPSA) is 75.8 Å². The van der Waals surface area contributed by atoms with Crippen LogP contribution in [-0.4, -0.2) is 45.8 Å². The molecule has 0 bridgehead atoms. The van der Waals surface area contributed by atoms with Gasteiger partial charge in [-0.1, -0.05) is 6.07 Å². The fourth-order valence-corrected chi connectivity index (χ4v) is 2.97. The third-order valence-electron chi connectivity index (χ3n) is 4.78. The van der Waals surface area contributed by atoms with Gasteiger partial charge in [-0.15, -0.1) is 0 Å². The number of methoxy groups -OCH3 is 2. The lowest BCUT2D eigenvalue weighted by molar-refractivity contribution is -0.871. The first-order chi connectivity index (χ1) is 11.9. The highest BCUT2D eigenvalue weighted by atomic mass is 16.5. The Morgan fingerprint density at radius 3 is 2.60 bits per heavy atom. The molecule has 1 fully saturated rings. The summed E-state index contributed by atoms with van der Waals surface area (Å²) in [5.41, 5.74) is 0.415. The highest BCUT2D eigenvalue weighted by molar-refractivity contribution is 5.78. The van der Waals surface area contributed by atoms with Gasteiger partial charge >= 0.3 is 0 Å². The van der Waals surface area contributed by atoms with Crippen molar-refractivity contribution in [2.75, 3.05) is 34.4 Å². The van der Waals surface area contributed by atoms with E-state index < -0.39 is 5.54 Å². The third kappa shape index (κ3) is 5.10. The molecule has 0 aromatic heterocycles. The van der Waals surface area contributed by atoms with Crippen molar-refractivity contribution in [3.63, 3.8) is 0 Å². The minimum absolute atomic E-state index is 0.0687. The number of benzene rings is 1. The standard InChI is InChI=1S/C19H27N3O3/c1-19(13-20,15-6-7-15)21-18(23)12-22(2)10-9-14-5-8-16(24-3)17(11-14)25-4/h5,8,11,15H,6-7,9-10,12H2,1-4H3,(H,21,23)/p+1/t19-/m0/s1. The molecule has 1 aromatic carbocycles. The predicted molar refractivity (Wildman–Crippen MR) is 94.8 cm³/mol. The predicted octanol–water partition coefficient (Wildman–Crippen LogP) is 0.569. The molecule has 1 aliphatic carbocycles. The molecule has 1 amide bonds. The number of amides is 1. The molecule has 0 radical (unpaired) electrons. The quantitative estimate of drug-likeness (QED) is 0.685. The minimum atomic E-state index is -0.722. The maximum atomic E-state index is 12.2. The average Bonchev–Trinajstić information content (AvgIpc) is 3.44. The molecule has 1 unspecified atom stereocenters. The van der Waals surface area contributed by atoms with Gasteiger partial charge in [0.25, 0.3) is 5.91 Å². The summed E-state index contributed by atoms with van der Waals surface area (Å²) in [5, 5.41) is 12.2. The number of quaternary nitrogens is 1. The number of nitrogens with one attached hydrogen (secondary N) is 2. The van der Waals surface area contributed by atoms with Crippen molar-refractivity contribution in [3.05, 3.63) is 23.8 Å². The number of ether oxygens (including phenoxy) is 2. The van der Waals surface area contributed by atoms with Gasteiger partial charge in [0.15, 0.2) is 18.0 Å². The summed E-state index contributed by atoms with van der Waals surface area (Å²) in [6.07, 6.45) is 2.87. The first-order valence-corrected chi connectivity index (χ1v) is 8.66. The molecule has 25 heavy (non-hydrogen) atoms. The average molecular weight is 346 g/mol. The van der Waals surface area contributed by atoms with Crippen LogP contribution in [0.1, 0.15) is 25.3 Å². The first kappa shape index (κ1) is 19.1. The maximum absolute atomic E-state index is 12.2. The van der Waals surface area contributed by atoms with E-state index in [1.54, 1.807) is 14.2 Å². The van der Waals surface area contributed by atoms with Gasteiger partial charge in [0.2, 0.25) is 0 Å². The van der Waals surface area contributed by atoms with Crippen LogP contribution >= 0.6 is 0 Å². The molecule has 2 rings (SSSR count). The Kier molecular flexibility index (Phi) is 6.27. The van der Waals surface area contributed by atoms with Crippen LogP contribution in [0.25, 0.3) is 0 Å². The number of carbonyl (C=O) groups excluding carboxylic acids is 1. The van der Waals surface area contributed by atoms with Gasteiger partial charge in [-0.3, -0.25) is 4.79 Å². The van der Waals surface area contributed by atoms with Crippen LogP contribution in [0.3, 0.4) is 0 Å². The molecule has 6 heteroatoms. The fourth-order valence-electron chi connectivity index (χ4n) is 2.97. The van der Waals surface area contributed by atoms with Crippen molar-refractivity contribution in [1.82, 2.24) is 5.32 Å². The highest BCUT2D eigenvalue weighted by Gasteiger charge is 2.43. The molecule has 136 valence electrons. The van der Waals surface area contributed by atoms with Crippen molar-refractivity contribution in [2.45, 2.75) is 31.7 Å². The zero-order valence-electron chi connectivity index (χ0n) is 15.5. The lowest BCUT2D eigenvalue weighted by Gasteiger charge is -2.23. The van der Waals surface area contributed by atoms with Gasteiger partial charge in [-0.25, -0.2) is 0 Å². The Bertz CT molecular complexity index is 652. The van der Waals surface area contributed by atoms with E-state index in [-0.39, 0.29) is 5.91 Å². The van der Waals surface area contributed by atoms with Gasteiger partial charge in [-0.05, 0) is 43.4 Å². The Morgan fingerprint density at radius 1 is 1.36 bits per heavy atom. The van der Waals surface area contributed by atoms with Crippen LogP contribution in [0.2, 0.25) is 0 Å². The Hall–Kier alpha value is -2.26. The minimum Gasteiger partial charge on any atom is -0.493 e. The molecule has 0 spiro atoms. The van der Waals surface area contributed by atoms with Crippen LogP contribution in [-0.2, 0) is 11.2 Å². The summed E-state index contributed by atoms with van der Waals surface area (Å²) >= 11 is 0. The lowest BCUT2D eigenvalue weighted by Crippen LogP contribution is -3.10. The number of hydrogen-bond donors (Lipinski definition) is 2. The van der Waals surface area contributed by atoms with Gasteiger partial charge in [0, 0.05) is 6.42 Å². The molecular weight excluding hydrogens is 318 g/mol. The van der Waals surface area contributed by atoms with Crippen molar-refractivity contribution in [1.29, 1.82) is 5.26 Å².